The summed E-state index contributed by atoms with van der Waals surface area (Å²) < 4.78 is 38.2. The van der Waals surface area contributed by atoms with Gasteiger partial charge in [-0.25, -0.2) is 9.97 Å². The fraction of sp³-hybridized carbons (Fsp3) is 0.154. The normalized spacial score (nSPS) is 11.0. The second-order valence-corrected chi connectivity index (χ2v) is 4.09. The number of nitrogens with zero attached hydrogens (tertiary/aromatic N) is 2. The Balaban J connectivity index is 2.34. The maximum atomic E-state index is 12.7. The van der Waals surface area contributed by atoms with E-state index in [0.717, 1.165) is 12.1 Å². The van der Waals surface area contributed by atoms with Gasteiger partial charge in [0.25, 0.3) is 5.91 Å². The quantitative estimate of drug-likeness (QED) is 0.914. The van der Waals surface area contributed by atoms with Gasteiger partial charge in [0.15, 0.2) is 0 Å². The lowest BCUT2D eigenvalue weighted by Gasteiger charge is -2.13. The summed E-state index contributed by atoms with van der Waals surface area (Å²) in [6, 6.07) is 2.92. The van der Waals surface area contributed by atoms with Crippen LogP contribution in [0.2, 0.25) is 0 Å². The molecule has 1 aromatic carbocycles. The number of carbonyl (C=O) groups is 1. The molecule has 0 spiro atoms. The lowest BCUT2D eigenvalue weighted by molar-refractivity contribution is -0.137. The molecule has 0 bridgehead atoms. The maximum absolute atomic E-state index is 12.7. The summed E-state index contributed by atoms with van der Waals surface area (Å²) in [6.45, 7) is 0. The molecular formula is C13H11F3N4O. The van der Waals surface area contributed by atoms with Gasteiger partial charge in [-0.05, 0) is 18.2 Å². The molecule has 0 radical (unpaired) electrons. The van der Waals surface area contributed by atoms with Crippen molar-refractivity contribution in [1.29, 1.82) is 0 Å². The number of aromatic nitrogens is 2. The highest BCUT2D eigenvalue weighted by molar-refractivity contribution is 6.08. The van der Waals surface area contributed by atoms with Crippen LogP contribution in [0.15, 0.2) is 36.9 Å². The molecule has 0 saturated heterocycles. The average Bonchev–Trinajstić information content (AvgIpc) is 2.46. The van der Waals surface area contributed by atoms with Gasteiger partial charge in [0.1, 0.15) is 6.33 Å². The number of alkyl halides is 3. The van der Waals surface area contributed by atoms with E-state index in [0.29, 0.717) is 5.69 Å². The van der Waals surface area contributed by atoms with Gasteiger partial charge in [0, 0.05) is 12.7 Å². The highest BCUT2D eigenvalue weighted by Crippen LogP contribution is 2.32. The number of anilines is 2. The van der Waals surface area contributed by atoms with Gasteiger partial charge >= 0.3 is 6.18 Å². The molecular weight excluding hydrogens is 285 g/mol. The number of carbonyl (C=O) groups excluding carboxylic acids is 1. The minimum atomic E-state index is -4.52. The highest BCUT2D eigenvalue weighted by Gasteiger charge is 2.31. The maximum Gasteiger partial charge on any atom is 0.416 e. The predicted octanol–water partition coefficient (Wildman–Crippen LogP) is 2.79. The van der Waals surface area contributed by atoms with E-state index < -0.39 is 17.6 Å². The van der Waals surface area contributed by atoms with E-state index in [9.17, 15) is 18.0 Å². The predicted molar refractivity (Wildman–Crippen MR) is 71.0 cm³/mol. The van der Waals surface area contributed by atoms with E-state index in [2.05, 4.69) is 20.6 Å². The standard InChI is InChI=1S/C13H11F3N4O/c1-17-11-3-2-8(13(14,15)16)4-10(11)12(21)20-9-5-18-7-19-6-9/h2-7,17H,1H3,(H,20,21). The van der Waals surface area contributed by atoms with Gasteiger partial charge in [0.05, 0.1) is 29.2 Å². The molecule has 1 amide bonds. The topological polar surface area (TPSA) is 66.9 Å². The van der Waals surface area contributed by atoms with Crippen molar-refractivity contribution in [3.8, 4) is 0 Å². The molecule has 0 unspecified atom stereocenters. The van der Waals surface area contributed by atoms with Crippen molar-refractivity contribution in [3.05, 3.63) is 48.0 Å². The number of nitrogens with one attached hydrogen (secondary N) is 2. The SMILES string of the molecule is CNc1ccc(C(F)(F)F)cc1C(=O)Nc1cncnc1. The molecule has 8 heteroatoms. The highest BCUT2D eigenvalue weighted by atomic mass is 19.4. The van der Waals surface area contributed by atoms with Gasteiger partial charge in [-0.1, -0.05) is 0 Å². The van der Waals surface area contributed by atoms with Gasteiger partial charge in [0.2, 0.25) is 0 Å². The summed E-state index contributed by atoms with van der Waals surface area (Å²) in [7, 11) is 1.52. The number of halogens is 3. The number of benzene rings is 1. The Hall–Kier alpha value is -2.64. The Kier molecular flexibility index (Phi) is 4.06. The Morgan fingerprint density at radius 2 is 1.86 bits per heavy atom. The molecule has 2 aromatic rings. The van der Waals surface area contributed by atoms with E-state index in [1.807, 2.05) is 0 Å². The fourth-order valence-electron chi connectivity index (χ4n) is 1.69. The molecule has 5 nitrogen and oxygen atoms in total. The third kappa shape index (κ3) is 3.47. The first kappa shape index (κ1) is 14.8. The van der Waals surface area contributed by atoms with Crippen molar-refractivity contribution in [2.75, 3.05) is 17.7 Å². The smallest absolute Gasteiger partial charge is 0.387 e. The zero-order valence-electron chi connectivity index (χ0n) is 10.9. The van der Waals surface area contributed by atoms with Crippen LogP contribution >= 0.6 is 0 Å². The number of hydrogen-bond donors (Lipinski definition) is 2. The number of hydrogen-bond acceptors (Lipinski definition) is 4. The molecule has 0 aliphatic heterocycles. The van der Waals surface area contributed by atoms with Gasteiger partial charge in [-0.3, -0.25) is 4.79 Å². The summed E-state index contributed by atoms with van der Waals surface area (Å²) in [5, 5.41) is 5.12. The monoisotopic (exact) mass is 296 g/mol. The molecule has 0 atom stereocenters. The van der Waals surface area contributed by atoms with Crippen molar-refractivity contribution < 1.29 is 18.0 Å². The van der Waals surface area contributed by atoms with Crippen LogP contribution in [0, 0.1) is 0 Å². The lowest BCUT2D eigenvalue weighted by atomic mass is 10.1. The van der Waals surface area contributed by atoms with E-state index in [1.54, 1.807) is 0 Å². The van der Waals surface area contributed by atoms with Gasteiger partial charge in [-0.2, -0.15) is 13.2 Å². The van der Waals surface area contributed by atoms with Crippen LogP contribution in [-0.4, -0.2) is 22.9 Å². The van der Waals surface area contributed by atoms with E-state index >= 15 is 0 Å². The van der Waals surface area contributed by atoms with Crippen molar-refractivity contribution in [2.24, 2.45) is 0 Å². The van der Waals surface area contributed by atoms with Crippen LogP contribution in [-0.2, 0) is 6.18 Å². The van der Waals surface area contributed by atoms with Crippen LogP contribution in [0.4, 0.5) is 24.5 Å². The molecule has 1 aromatic heterocycles. The zero-order valence-corrected chi connectivity index (χ0v) is 10.9. The van der Waals surface area contributed by atoms with Crippen LogP contribution in [0.25, 0.3) is 0 Å². The van der Waals surface area contributed by atoms with Crippen molar-refractivity contribution in [1.82, 2.24) is 9.97 Å². The minimum absolute atomic E-state index is 0.115. The van der Waals surface area contributed by atoms with Crippen LogP contribution in [0.1, 0.15) is 15.9 Å². The van der Waals surface area contributed by atoms with Crippen LogP contribution in [0.5, 0.6) is 0 Å². The summed E-state index contributed by atoms with van der Waals surface area (Å²) in [5.74, 6) is -0.680. The lowest BCUT2D eigenvalue weighted by Crippen LogP contribution is -2.16. The molecule has 1 heterocycles. The van der Waals surface area contributed by atoms with Crippen molar-refractivity contribution >= 4 is 17.3 Å². The Morgan fingerprint density at radius 3 is 2.43 bits per heavy atom. The first-order chi connectivity index (χ1) is 9.91. The largest absolute Gasteiger partial charge is 0.416 e. The van der Waals surface area contributed by atoms with Crippen LogP contribution < -0.4 is 10.6 Å². The zero-order chi connectivity index (χ0) is 15.5. The summed E-state index contributed by atoms with van der Waals surface area (Å²) >= 11 is 0. The first-order valence-electron chi connectivity index (χ1n) is 5.87. The Labute approximate surface area is 118 Å². The second-order valence-electron chi connectivity index (χ2n) is 4.09. The molecule has 0 aliphatic rings. The second kappa shape index (κ2) is 5.78. The summed E-state index contributed by atoms with van der Waals surface area (Å²) in [5.41, 5.74) is -0.425. The van der Waals surface area contributed by atoms with Gasteiger partial charge in [-0.15, -0.1) is 0 Å². The minimum Gasteiger partial charge on any atom is -0.387 e. The summed E-state index contributed by atoms with van der Waals surface area (Å²) in [6.07, 6.45) is -0.550. The van der Waals surface area contributed by atoms with Crippen molar-refractivity contribution in [2.45, 2.75) is 6.18 Å². The average molecular weight is 296 g/mol. The van der Waals surface area contributed by atoms with Gasteiger partial charge < -0.3 is 10.6 Å². The van der Waals surface area contributed by atoms with Crippen molar-refractivity contribution in [3.63, 3.8) is 0 Å². The molecule has 0 fully saturated rings. The molecule has 2 N–H and O–H groups in total. The fourth-order valence-corrected chi connectivity index (χ4v) is 1.69. The number of amides is 1. The number of rotatable bonds is 3. The first-order valence-corrected chi connectivity index (χ1v) is 5.87. The van der Waals surface area contributed by atoms with E-state index in [4.69, 9.17) is 0 Å². The summed E-state index contributed by atoms with van der Waals surface area (Å²) in [4.78, 5) is 19.5. The van der Waals surface area contributed by atoms with E-state index in [1.165, 1.54) is 31.8 Å². The third-order valence-electron chi connectivity index (χ3n) is 2.68. The third-order valence-corrected chi connectivity index (χ3v) is 2.68. The molecule has 0 aliphatic carbocycles. The van der Waals surface area contributed by atoms with E-state index in [-0.39, 0.29) is 11.3 Å². The molecule has 110 valence electrons. The Morgan fingerprint density at radius 1 is 1.19 bits per heavy atom. The van der Waals surface area contributed by atoms with Crippen LogP contribution in [0.3, 0.4) is 0 Å². The molecule has 21 heavy (non-hydrogen) atoms. The molecule has 0 saturated carbocycles. The Bertz CT molecular complexity index is 644. The molecule has 2 rings (SSSR count).